The predicted octanol–water partition coefficient (Wildman–Crippen LogP) is 7.02. The summed E-state index contributed by atoms with van der Waals surface area (Å²) in [4.78, 5) is 23.4. The van der Waals surface area contributed by atoms with Gasteiger partial charge in [-0.3, -0.25) is 9.59 Å². The summed E-state index contributed by atoms with van der Waals surface area (Å²) in [6.45, 7) is 3.03. The van der Waals surface area contributed by atoms with Gasteiger partial charge in [-0.25, -0.2) is 0 Å². The van der Waals surface area contributed by atoms with Crippen molar-refractivity contribution in [1.29, 1.82) is 0 Å². The minimum absolute atomic E-state index is 0.127. The van der Waals surface area contributed by atoms with E-state index in [-0.39, 0.29) is 18.5 Å². The molecule has 5 heteroatoms. The molecule has 4 nitrogen and oxygen atoms in total. The summed E-state index contributed by atoms with van der Waals surface area (Å²) in [6, 6.07) is 7.24. The van der Waals surface area contributed by atoms with E-state index >= 15 is 0 Å². The van der Waals surface area contributed by atoms with Crippen molar-refractivity contribution in [2.75, 3.05) is 6.61 Å². The molecule has 0 atom stereocenters. The van der Waals surface area contributed by atoms with Gasteiger partial charge in [0.1, 0.15) is 6.61 Å². The van der Waals surface area contributed by atoms with Crippen LogP contribution in [0.15, 0.2) is 24.3 Å². The maximum absolute atomic E-state index is 11.7. The molecule has 0 saturated carbocycles. The maximum atomic E-state index is 11.7. The number of esters is 2. The molecule has 0 fully saturated rings. The highest BCUT2D eigenvalue weighted by Gasteiger charge is 2.06. The molecule has 0 radical (unpaired) electrons. The van der Waals surface area contributed by atoms with Gasteiger partial charge >= 0.3 is 11.9 Å². The van der Waals surface area contributed by atoms with Gasteiger partial charge in [0.25, 0.3) is 0 Å². The molecule has 0 spiro atoms. The third-order valence-corrected chi connectivity index (χ3v) is 5.09. The Kier molecular flexibility index (Phi) is 15.2. The Morgan fingerprint density at radius 1 is 0.724 bits per heavy atom. The standard InChI is InChI=1S/C24H37ClO4/c1-2-3-4-5-6-7-8-12-19-28-23(26)13-10-9-11-14-24(27)29-20-21-15-17-22(25)18-16-21/h15-18H,2-14,19-20H2,1H3. The third-order valence-electron chi connectivity index (χ3n) is 4.84. The van der Waals surface area contributed by atoms with Gasteiger partial charge < -0.3 is 9.47 Å². The molecule has 0 aliphatic carbocycles. The molecule has 0 unspecified atom stereocenters. The average molecular weight is 425 g/mol. The molecule has 0 heterocycles. The Morgan fingerprint density at radius 2 is 1.24 bits per heavy atom. The van der Waals surface area contributed by atoms with Crippen LogP contribution in [0, 0.1) is 0 Å². The monoisotopic (exact) mass is 424 g/mol. The zero-order valence-corrected chi connectivity index (χ0v) is 18.7. The molecular weight excluding hydrogens is 388 g/mol. The first-order valence-corrected chi connectivity index (χ1v) is 11.5. The number of rotatable bonds is 17. The zero-order valence-electron chi connectivity index (χ0n) is 17.9. The van der Waals surface area contributed by atoms with Crippen LogP contribution in [0.3, 0.4) is 0 Å². The highest BCUT2D eigenvalue weighted by atomic mass is 35.5. The summed E-state index contributed by atoms with van der Waals surface area (Å²) < 4.78 is 10.5. The molecule has 0 amide bonds. The van der Waals surface area contributed by atoms with Crippen LogP contribution in [0.5, 0.6) is 0 Å². The number of ether oxygens (including phenoxy) is 2. The summed E-state index contributed by atoms with van der Waals surface area (Å²) >= 11 is 5.82. The minimum atomic E-state index is -0.211. The molecule has 0 saturated heterocycles. The molecule has 1 aromatic rings. The third kappa shape index (κ3) is 15.0. The minimum Gasteiger partial charge on any atom is -0.466 e. The fourth-order valence-corrected chi connectivity index (χ4v) is 3.15. The number of hydrogen-bond acceptors (Lipinski definition) is 4. The highest BCUT2D eigenvalue weighted by molar-refractivity contribution is 6.30. The van der Waals surface area contributed by atoms with Gasteiger partial charge in [-0.2, -0.15) is 0 Å². The largest absolute Gasteiger partial charge is 0.466 e. The van der Waals surface area contributed by atoms with Crippen molar-refractivity contribution in [3.63, 3.8) is 0 Å². The molecule has 29 heavy (non-hydrogen) atoms. The Labute approximate surface area is 181 Å². The smallest absolute Gasteiger partial charge is 0.306 e. The van der Waals surface area contributed by atoms with Gasteiger partial charge in [0, 0.05) is 17.9 Å². The number of unbranched alkanes of at least 4 members (excludes halogenated alkanes) is 9. The zero-order chi connectivity index (χ0) is 21.2. The van der Waals surface area contributed by atoms with Gasteiger partial charge in [0.2, 0.25) is 0 Å². The van der Waals surface area contributed by atoms with Crippen LogP contribution in [0.1, 0.15) is 96.0 Å². The van der Waals surface area contributed by atoms with Crippen LogP contribution in [-0.2, 0) is 25.7 Å². The average Bonchev–Trinajstić information content (AvgIpc) is 2.72. The lowest BCUT2D eigenvalue weighted by Gasteiger charge is -2.06. The van der Waals surface area contributed by atoms with Crippen LogP contribution < -0.4 is 0 Å². The van der Waals surface area contributed by atoms with E-state index in [1.165, 1.54) is 38.5 Å². The van der Waals surface area contributed by atoms with Crippen molar-refractivity contribution in [3.05, 3.63) is 34.9 Å². The molecule has 1 rings (SSSR count). The predicted molar refractivity (Wildman–Crippen MR) is 118 cm³/mol. The van der Waals surface area contributed by atoms with Crippen LogP contribution in [0.2, 0.25) is 5.02 Å². The topological polar surface area (TPSA) is 52.6 Å². The summed E-state index contributed by atoms with van der Waals surface area (Å²) in [6.07, 6.45) is 13.0. The van der Waals surface area contributed by atoms with Crippen molar-refractivity contribution < 1.29 is 19.1 Å². The first kappa shape index (κ1) is 25.5. The molecule has 0 aliphatic heterocycles. The molecule has 0 N–H and O–H groups in total. The molecule has 164 valence electrons. The van der Waals surface area contributed by atoms with Crippen molar-refractivity contribution in [2.45, 2.75) is 97.0 Å². The van der Waals surface area contributed by atoms with Crippen LogP contribution >= 0.6 is 11.6 Å². The second-order valence-electron chi connectivity index (χ2n) is 7.54. The van der Waals surface area contributed by atoms with E-state index in [4.69, 9.17) is 21.1 Å². The van der Waals surface area contributed by atoms with E-state index < -0.39 is 0 Å². The number of benzene rings is 1. The van der Waals surface area contributed by atoms with E-state index in [0.717, 1.165) is 37.7 Å². The lowest BCUT2D eigenvalue weighted by Crippen LogP contribution is -2.06. The Balaban J connectivity index is 1.89. The van der Waals surface area contributed by atoms with Crippen molar-refractivity contribution in [3.8, 4) is 0 Å². The number of hydrogen-bond donors (Lipinski definition) is 0. The Morgan fingerprint density at radius 3 is 1.86 bits per heavy atom. The SMILES string of the molecule is CCCCCCCCCCOC(=O)CCCCCC(=O)OCc1ccc(Cl)cc1. The number of carbonyl (C=O) groups is 2. The van der Waals surface area contributed by atoms with Gasteiger partial charge in [-0.05, 0) is 37.0 Å². The summed E-state index contributed by atoms with van der Waals surface area (Å²) in [5, 5.41) is 0.663. The lowest BCUT2D eigenvalue weighted by atomic mass is 10.1. The van der Waals surface area contributed by atoms with Crippen LogP contribution in [0.4, 0.5) is 0 Å². The van der Waals surface area contributed by atoms with Crippen molar-refractivity contribution >= 4 is 23.5 Å². The number of halogens is 1. The highest BCUT2D eigenvalue weighted by Crippen LogP contribution is 2.12. The van der Waals surface area contributed by atoms with E-state index in [9.17, 15) is 9.59 Å². The molecule has 0 aliphatic rings. The van der Waals surface area contributed by atoms with Gasteiger partial charge in [-0.1, -0.05) is 82.0 Å². The lowest BCUT2D eigenvalue weighted by molar-refractivity contribution is -0.145. The van der Waals surface area contributed by atoms with E-state index in [1.54, 1.807) is 12.1 Å². The summed E-state index contributed by atoms with van der Waals surface area (Å²) in [7, 11) is 0. The number of carbonyl (C=O) groups excluding carboxylic acids is 2. The Hall–Kier alpha value is -1.55. The summed E-state index contributed by atoms with van der Waals surface area (Å²) in [5.74, 6) is -0.338. The summed E-state index contributed by atoms with van der Waals surface area (Å²) in [5.41, 5.74) is 0.919. The normalized spacial score (nSPS) is 10.7. The van der Waals surface area contributed by atoms with Crippen molar-refractivity contribution in [2.24, 2.45) is 0 Å². The van der Waals surface area contributed by atoms with E-state index in [2.05, 4.69) is 6.92 Å². The van der Waals surface area contributed by atoms with Crippen LogP contribution in [0.25, 0.3) is 0 Å². The fraction of sp³-hybridized carbons (Fsp3) is 0.667. The van der Waals surface area contributed by atoms with Crippen LogP contribution in [-0.4, -0.2) is 18.5 Å². The quantitative estimate of drug-likeness (QED) is 0.199. The molecule has 0 aromatic heterocycles. The Bertz CT molecular complexity index is 557. The van der Waals surface area contributed by atoms with Gasteiger partial charge in [-0.15, -0.1) is 0 Å². The first-order chi connectivity index (χ1) is 14.1. The second kappa shape index (κ2) is 17.3. The van der Waals surface area contributed by atoms with Gasteiger partial charge in [0.05, 0.1) is 6.61 Å². The van der Waals surface area contributed by atoms with Gasteiger partial charge in [0.15, 0.2) is 0 Å². The fourth-order valence-electron chi connectivity index (χ4n) is 3.03. The maximum Gasteiger partial charge on any atom is 0.306 e. The molecule has 0 bridgehead atoms. The van der Waals surface area contributed by atoms with Crippen molar-refractivity contribution in [1.82, 2.24) is 0 Å². The van der Waals surface area contributed by atoms with E-state index in [1.807, 2.05) is 12.1 Å². The second-order valence-corrected chi connectivity index (χ2v) is 7.98. The molecule has 1 aromatic carbocycles. The first-order valence-electron chi connectivity index (χ1n) is 11.2. The van der Waals surface area contributed by atoms with E-state index in [0.29, 0.717) is 24.5 Å². The molecular formula is C24H37ClO4.